The molecule has 0 spiro atoms. The van der Waals surface area contributed by atoms with E-state index in [1.807, 2.05) is 0 Å². The van der Waals surface area contributed by atoms with Crippen molar-refractivity contribution in [3.63, 3.8) is 0 Å². The van der Waals surface area contributed by atoms with Crippen molar-refractivity contribution < 1.29 is 19.8 Å². The van der Waals surface area contributed by atoms with Gasteiger partial charge in [-0.05, 0) is 68.1 Å². The van der Waals surface area contributed by atoms with E-state index in [1.165, 1.54) is 93.7 Å². The van der Waals surface area contributed by atoms with Crippen molar-refractivity contribution in [1.82, 2.24) is 0 Å². The predicted octanol–water partition coefficient (Wildman–Crippen LogP) is 8.92. The van der Waals surface area contributed by atoms with Gasteiger partial charge >= 0.3 is 11.9 Å². The van der Waals surface area contributed by atoms with Crippen LogP contribution in [-0.4, -0.2) is 22.2 Å². The molecule has 0 atom stereocenters. The Balaban J connectivity index is 2.46. The topological polar surface area (TPSA) is 74.6 Å². The minimum Gasteiger partial charge on any atom is -0.481 e. The zero-order valence-electron chi connectivity index (χ0n) is 22.5. The molecule has 0 radical (unpaired) electrons. The van der Waals surface area contributed by atoms with Crippen LogP contribution < -0.4 is 0 Å². The highest BCUT2D eigenvalue weighted by Crippen LogP contribution is 2.21. The third-order valence-corrected chi connectivity index (χ3v) is 7.01. The highest BCUT2D eigenvalue weighted by molar-refractivity contribution is 5.66. The summed E-state index contributed by atoms with van der Waals surface area (Å²) in [6.07, 6.45) is 24.0. The number of carbonyl (C=O) groups is 2. The van der Waals surface area contributed by atoms with Crippen molar-refractivity contribution in [2.24, 2.45) is 0 Å². The molecule has 0 saturated carbocycles. The second-order valence-electron chi connectivity index (χ2n) is 10.3. The van der Waals surface area contributed by atoms with Crippen LogP contribution in [-0.2, 0) is 28.9 Å². The zero-order chi connectivity index (χ0) is 25.6. The molecular formula is C31H52O4. The molecule has 2 N–H and O–H groups in total. The molecule has 0 fully saturated rings. The fourth-order valence-corrected chi connectivity index (χ4v) is 4.84. The van der Waals surface area contributed by atoms with Gasteiger partial charge in [0, 0.05) is 12.8 Å². The van der Waals surface area contributed by atoms with E-state index in [1.54, 1.807) is 0 Å². The maximum absolute atomic E-state index is 10.7. The molecule has 0 unspecified atom stereocenters. The maximum Gasteiger partial charge on any atom is 0.303 e. The lowest BCUT2D eigenvalue weighted by atomic mass is 9.93. The highest BCUT2D eigenvalue weighted by atomic mass is 16.4. The highest BCUT2D eigenvalue weighted by Gasteiger charge is 2.06. The Bertz CT molecular complexity index is 683. The Morgan fingerprint density at radius 2 is 0.971 bits per heavy atom. The fraction of sp³-hybridized carbons (Fsp3) is 0.742. The third kappa shape index (κ3) is 18.1. The van der Waals surface area contributed by atoms with Gasteiger partial charge in [-0.25, -0.2) is 0 Å². The van der Waals surface area contributed by atoms with Crippen molar-refractivity contribution in [2.45, 2.75) is 148 Å². The molecule has 0 heterocycles. The maximum atomic E-state index is 10.7. The van der Waals surface area contributed by atoms with Gasteiger partial charge in [-0.1, -0.05) is 102 Å². The van der Waals surface area contributed by atoms with Crippen LogP contribution in [0.2, 0.25) is 0 Å². The molecule has 0 amide bonds. The summed E-state index contributed by atoms with van der Waals surface area (Å²) in [7, 11) is 0. The summed E-state index contributed by atoms with van der Waals surface area (Å²) in [6, 6.07) is 7.17. The number of aliphatic carboxylic acids is 2. The van der Waals surface area contributed by atoms with Crippen LogP contribution in [0.15, 0.2) is 18.2 Å². The van der Waals surface area contributed by atoms with Crippen LogP contribution in [0.5, 0.6) is 0 Å². The molecule has 0 aromatic heterocycles. The first-order valence-electron chi connectivity index (χ1n) is 14.6. The summed E-state index contributed by atoms with van der Waals surface area (Å²) >= 11 is 0. The number of hydrogen-bond donors (Lipinski definition) is 2. The first kappa shape index (κ1) is 31.2. The molecule has 35 heavy (non-hydrogen) atoms. The van der Waals surface area contributed by atoms with Crippen LogP contribution in [0.3, 0.4) is 0 Å². The monoisotopic (exact) mass is 488 g/mol. The lowest BCUT2D eigenvalue weighted by Gasteiger charge is -2.13. The van der Waals surface area contributed by atoms with Gasteiger partial charge in [-0.2, -0.15) is 0 Å². The Morgan fingerprint density at radius 1 is 0.543 bits per heavy atom. The van der Waals surface area contributed by atoms with Gasteiger partial charge in [-0.3, -0.25) is 9.59 Å². The van der Waals surface area contributed by atoms with Crippen LogP contribution in [0.25, 0.3) is 0 Å². The largest absolute Gasteiger partial charge is 0.481 e. The Kier molecular flexibility index (Phi) is 19.1. The summed E-state index contributed by atoms with van der Waals surface area (Å²) in [5.74, 6) is -1.37. The summed E-state index contributed by atoms with van der Waals surface area (Å²) in [5.41, 5.74) is 4.49. The molecule has 4 heteroatoms. The van der Waals surface area contributed by atoms with Gasteiger partial charge in [-0.15, -0.1) is 0 Å². The van der Waals surface area contributed by atoms with Gasteiger partial charge in [0.15, 0.2) is 0 Å². The zero-order valence-corrected chi connectivity index (χ0v) is 22.5. The van der Waals surface area contributed by atoms with Crippen molar-refractivity contribution in [3.8, 4) is 0 Å². The molecular weight excluding hydrogens is 436 g/mol. The normalized spacial score (nSPS) is 11.1. The summed E-state index contributed by atoms with van der Waals surface area (Å²) < 4.78 is 0. The molecule has 0 aliphatic heterocycles. The van der Waals surface area contributed by atoms with E-state index in [4.69, 9.17) is 10.2 Å². The molecule has 1 aromatic rings. The average Bonchev–Trinajstić information content (AvgIpc) is 2.82. The molecule has 0 saturated heterocycles. The lowest BCUT2D eigenvalue weighted by Crippen LogP contribution is -1.99. The van der Waals surface area contributed by atoms with E-state index in [9.17, 15) is 9.59 Å². The smallest absolute Gasteiger partial charge is 0.303 e. The summed E-state index contributed by atoms with van der Waals surface area (Å²) in [5, 5.41) is 17.5. The van der Waals surface area contributed by atoms with Gasteiger partial charge in [0.2, 0.25) is 0 Å². The predicted molar refractivity (Wildman–Crippen MR) is 146 cm³/mol. The Hall–Kier alpha value is -1.84. The SMILES string of the molecule is CCCCCCCCCc1ccc(CCCCCCCC(=O)O)c(CCCCCCCC(=O)O)c1. The van der Waals surface area contributed by atoms with E-state index in [0.717, 1.165) is 51.4 Å². The minimum atomic E-state index is -0.687. The fourth-order valence-electron chi connectivity index (χ4n) is 4.84. The van der Waals surface area contributed by atoms with Crippen LogP contribution in [0, 0.1) is 0 Å². The van der Waals surface area contributed by atoms with Crippen molar-refractivity contribution in [3.05, 3.63) is 34.9 Å². The number of unbranched alkanes of at least 4 members (excludes halogenated alkanes) is 14. The first-order chi connectivity index (χ1) is 17.0. The molecule has 1 aromatic carbocycles. The van der Waals surface area contributed by atoms with Gasteiger partial charge < -0.3 is 10.2 Å². The first-order valence-corrected chi connectivity index (χ1v) is 14.6. The number of carboxylic acid groups (broad SMARTS) is 2. The molecule has 4 nitrogen and oxygen atoms in total. The number of carboxylic acids is 2. The molecule has 0 bridgehead atoms. The van der Waals surface area contributed by atoms with Crippen LogP contribution in [0.1, 0.15) is 146 Å². The number of benzene rings is 1. The van der Waals surface area contributed by atoms with E-state index < -0.39 is 11.9 Å². The summed E-state index contributed by atoms with van der Waals surface area (Å²) in [6.45, 7) is 2.27. The molecule has 0 aliphatic carbocycles. The van der Waals surface area contributed by atoms with Gasteiger partial charge in [0.05, 0.1) is 0 Å². The number of hydrogen-bond acceptors (Lipinski definition) is 2. The second kappa shape index (κ2) is 21.4. The molecule has 1 rings (SSSR count). The van der Waals surface area contributed by atoms with E-state index in [2.05, 4.69) is 25.1 Å². The third-order valence-electron chi connectivity index (χ3n) is 7.01. The van der Waals surface area contributed by atoms with Crippen LogP contribution in [0.4, 0.5) is 0 Å². The lowest BCUT2D eigenvalue weighted by molar-refractivity contribution is -0.138. The average molecular weight is 489 g/mol. The Morgan fingerprint density at radius 3 is 1.49 bits per heavy atom. The number of rotatable bonds is 24. The van der Waals surface area contributed by atoms with Crippen molar-refractivity contribution in [2.75, 3.05) is 0 Å². The standard InChI is InChI=1S/C31H52O4/c1-2-3-4-5-6-9-14-19-27-24-25-28(20-15-10-7-12-17-22-30(32)33)29(26-27)21-16-11-8-13-18-23-31(34)35/h24-26H,2-23H2,1H3,(H,32,33)(H,34,35). The van der Waals surface area contributed by atoms with E-state index in [-0.39, 0.29) is 0 Å². The van der Waals surface area contributed by atoms with E-state index >= 15 is 0 Å². The van der Waals surface area contributed by atoms with Gasteiger partial charge in [0.1, 0.15) is 0 Å². The van der Waals surface area contributed by atoms with Gasteiger partial charge in [0.25, 0.3) is 0 Å². The quantitative estimate of drug-likeness (QED) is 0.142. The summed E-state index contributed by atoms with van der Waals surface area (Å²) in [4.78, 5) is 21.3. The minimum absolute atomic E-state index is 0.292. The van der Waals surface area contributed by atoms with Crippen molar-refractivity contribution >= 4 is 11.9 Å². The second-order valence-corrected chi connectivity index (χ2v) is 10.3. The van der Waals surface area contributed by atoms with E-state index in [0.29, 0.717) is 12.8 Å². The van der Waals surface area contributed by atoms with Crippen molar-refractivity contribution in [1.29, 1.82) is 0 Å². The van der Waals surface area contributed by atoms with Crippen LogP contribution >= 0.6 is 0 Å². The molecule has 200 valence electrons. The Labute approximate surface area is 214 Å². The molecule has 0 aliphatic rings. The number of aryl methyl sites for hydroxylation is 3.